The minimum Gasteiger partial charge on any atom is -0.378 e. The number of rotatable bonds is 7. The van der Waals surface area contributed by atoms with Gasteiger partial charge in [0.25, 0.3) is 0 Å². The number of nitrogens with one attached hydrogen (secondary N) is 2. The lowest BCUT2D eigenvalue weighted by Gasteiger charge is -2.22. The first kappa shape index (κ1) is 18.3. The maximum Gasteiger partial charge on any atom is 0.191 e. The van der Waals surface area contributed by atoms with E-state index in [1.54, 1.807) is 7.05 Å². The number of hydrogen-bond donors (Lipinski definition) is 2. The Morgan fingerprint density at radius 3 is 2.88 bits per heavy atom. The van der Waals surface area contributed by atoms with Crippen molar-refractivity contribution in [3.8, 4) is 6.07 Å². The maximum atomic E-state index is 8.93. The maximum absolute atomic E-state index is 8.93. The zero-order chi connectivity index (χ0) is 17.0. The quantitative estimate of drug-likeness (QED) is 0.459. The zero-order valence-corrected chi connectivity index (χ0v) is 14.6. The summed E-state index contributed by atoms with van der Waals surface area (Å²) >= 11 is 0. The molecule has 1 aliphatic rings. The summed E-state index contributed by atoms with van der Waals surface area (Å²) in [7, 11) is 1.76. The van der Waals surface area contributed by atoms with Crippen molar-refractivity contribution in [3.63, 3.8) is 0 Å². The van der Waals surface area contributed by atoms with Crippen LogP contribution in [0, 0.1) is 11.3 Å². The summed E-state index contributed by atoms with van der Waals surface area (Å²) in [4.78, 5) is 4.22. The van der Waals surface area contributed by atoms with E-state index in [4.69, 9.17) is 10.00 Å². The first-order valence-corrected chi connectivity index (χ1v) is 8.87. The Morgan fingerprint density at radius 2 is 2.12 bits per heavy atom. The Balaban J connectivity index is 1.60. The average molecular weight is 328 g/mol. The first-order chi connectivity index (χ1) is 11.8. The zero-order valence-electron chi connectivity index (χ0n) is 14.6. The van der Waals surface area contributed by atoms with Crippen molar-refractivity contribution in [2.24, 2.45) is 4.99 Å². The van der Waals surface area contributed by atoms with Gasteiger partial charge in [0.2, 0.25) is 0 Å². The van der Waals surface area contributed by atoms with Crippen molar-refractivity contribution in [3.05, 3.63) is 35.4 Å². The lowest BCUT2D eigenvalue weighted by atomic mass is 9.98. The van der Waals surface area contributed by atoms with Crippen LogP contribution in [0.25, 0.3) is 0 Å². The molecular formula is C19H28N4O. The fourth-order valence-electron chi connectivity index (χ4n) is 2.92. The van der Waals surface area contributed by atoms with Crippen LogP contribution in [0.4, 0.5) is 0 Å². The monoisotopic (exact) mass is 328 g/mol. The number of ether oxygens (including phenoxy) is 1. The van der Waals surface area contributed by atoms with Crippen LogP contribution in [0.5, 0.6) is 0 Å². The van der Waals surface area contributed by atoms with Crippen LogP contribution >= 0.6 is 0 Å². The summed E-state index contributed by atoms with van der Waals surface area (Å²) in [6.45, 7) is 2.29. The molecule has 1 fully saturated rings. The molecule has 0 bridgehead atoms. The van der Waals surface area contributed by atoms with Crippen LogP contribution in [-0.2, 0) is 11.3 Å². The highest BCUT2D eigenvalue weighted by molar-refractivity contribution is 5.79. The number of hydrogen-bond acceptors (Lipinski definition) is 3. The normalized spacial score (nSPS) is 15.8. The summed E-state index contributed by atoms with van der Waals surface area (Å²) in [6, 6.07) is 9.75. The molecule has 0 atom stereocenters. The lowest BCUT2D eigenvalue weighted by Crippen LogP contribution is -2.37. The van der Waals surface area contributed by atoms with E-state index in [9.17, 15) is 0 Å². The van der Waals surface area contributed by atoms with Gasteiger partial charge < -0.3 is 15.4 Å². The molecule has 1 saturated carbocycles. The molecule has 2 N–H and O–H groups in total. The minimum absolute atomic E-state index is 0.476. The molecule has 2 rings (SSSR count). The number of nitrogens with zero attached hydrogens (tertiary/aromatic N) is 2. The van der Waals surface area contributed by atoms with Gasteiger partial charge in [-0.3, -0.25) is 4.99 Å². The van der Waals surface area contributed by atoms with Crippen LogP contribution in [0.1, 0.15) is 49.7 Å². The highest BCUT2D eigenvalue weighted by atomic mass is 16.5. The van der Waals surface area contributed by atoms with Crippen molar-refractivity contribution >= 4 is 5.96 Å². The molecule has 0 heterocycles. The molecule has 0 unspecified atom stereocenters. The van der Waals surface area contributed by atoms with E-state index in [-0.39, 0.29) is 0 Å². The molecular weight excluding hydrogens is 300 g/mol. The Kier molecular flexibility index (Phi) is 8.12. The van der Waals surface area contributed by atoms with Crippen LogP contribution in [0.2, 0.25) is 0 Å². The van der Waals surface area contributed by atoms with Crippen LogP contribution in [0.3, 0.4) is 0 Å². The third-order valence-electron chi connectivity index (χ3n) is 4.26. The van der Waals surface area contributed by atoms with Gasteiger partial charge in [0.1, 0.15) is 0 Å². The molecule has 1 aromatic carbocycles. The topological polar surface area (TPSA) is 69.4 Å². The van der Waals surface area contributed by atoms with Crippen molar-refractivity contribution in [1.82, 2.24) is 10.6 Å². The van der Waals surface area contributed by atoms with E-state index in [1.165, 1.54) is 32.1 Å². The highest BCUT2D eigenvalue weighted by Gasteiger charge is 2.12. The van der Waals surface area contributed by atoms with E-state index in [1.807, 2.05) is 24.3 Å². The van der Waals surface area contributed by atoms with E-state index in [0.717, 1.165) is 31.1 Å². The van der Waals surface area contributed by atoms with Gasteiger partial charge in [0.15, 0.2) is 5.96 Å². The largest absolute Gasteiger partial charge is 0.378 e. The van der Waals surface area contributed by atoms with Crippen LogP contribution in [-0.4, -0.2) is 32.3 Å². The summed E-state index contributed by atoms with van der Waals surface area (Å²) in [6.07, 6.45) is 7.88. The number of aliphatic imine (C=N–C) groups is 1. The van der Waals surface area contributed by atoms with Crippen LogP contribution < -0.4 is 10.6 Å². The van der Waals surface area contributed by atoms with Gasteiger partial charge in [-0.15, -0.1) is 0 Å². The third-order valence-corrected chi connectivity index (χ3v) is 4.26. The van der Waals surface area contributed by atoms with Gasteiger partial charge in [-0.2, -0.15) is 5.26 Å². The lowest BCUT2D eigenvalue weighted by molar-refractivity contribution is 0.0277. The Morgan fingerprint density at radius 1 is 1.29 bits per heavy atom. The standard InChI is InChI=1S/C19H28N4O/c1-21-19(23-15-17-8-5-7-16(13-17)14-20)22-11-6-12-24-18-9-3-2-4-10-18/h5,7-8,13,18H,2-4,6,9-12,15H2,1H3,(H2,21,22,23). The van der Waals surface area contributed by atoms with Crippen molar-refractivity contribution < 1.29 is 4.74 Å². The summed E-state index contributed by atoms with van der Waals surface area (Å²) in [5.41, 5.74) is 1.75. The Bertz CT molecular complexity index is 559. The van der Waals surface area contributed by atoms with Crippen molar-refractivity contribution in [1.29, 1.82) is 5.26 Å². The molecule has 0 amide bonds. The molecule has 0 radical (unpaired) electrons. The number of benzene rings is 1. The molecule has 0 aromatic heterocycles. The van der Waals surface area contributed by atoms with Crippen LogP contribution in [0.15, 0.2) is 29.3 Å². The van der Waals surface area contributed by atoms with Gasteiger partial charge in [0.05, 0.1) is 17.7 Å². The highest BCUT2D eigenvalue weighted by Crippen LogP contribution is 2.20. The van der Waals surface area contributed by atoms with E-state index in [0.29, 0.717) is 18.2 Å². The smallest absolute Gasteiger partial charge is 0.191 e. The summed E-state index contributed by atoms with van der Waals surface area (Å²) in [5.74, 6) is 0.773. The van der Waals surface area contributed by atoms with Gasteiger partial charge in [0, 0.05) is 26.7 Å². The van der Waals surface area contributed by atoms with Crippen molar-refractivity contribution in [2.75, 3.05) is 20.2 Å². The minimum atomic E-state index is 0.476. The predicted octanol–water partition coefficient (Wildman–Crippen LogP) is 2.96. The fourth-order valence-corrected chi connectivity index (χ4v) is 2.92. The molecule has 0 aliphatic heterocycles. The second kappa shape index (κ2) is 10.7. The SMILES string of the molecule is CN=C(NCCCOC1CCCCC1)NCc1cccc(C#N)c1. The molecule has 1 aliphatic carbocycles. The Labute approximate surface area is 145 Å². The average Bonchev–Trinajstić information content (AvgIpc) is 2.65. The molecule has 5 nitrogen and oxygen atoms in total. The number of guanidine groups is 1. The molecule has 24 heavy (non-hydrogen) atoms. The van der Waals surface area contributed by atoms with Gasteiger partial charge in [-0.05, 0) is 37.0 Å². The van der Waals surface area contributed by atoms with Gasteiger partial charge in [-0.1, -0.05) is 31.4 Å². The molecule has 0 saturated heterocycles. The van der Waals surface area contributed by atoms with E-state index < -0.39 is 0 Å². The predicted molar refractivity (Wildman–Crippen MR) is 96.8 cm³/mol. The first-order valence-electron chi connectivity index (χ1n) is 8.87. The van der Waals surface area contributed by atoms with E-state index >= 15 is 0 Å². The third kappa shape index (κ3) is 6.59. The molecule has 0 spiro atoms. The second-order valence-electron chi connectivity index (χ2n) is 6.15. The summed E-state index contributed by atoms with van der Waals surface area (Å²) < 4.78 is 5.92. The number of nitriles is 1. The summed E-state index contributed by atoms with van der Waals surface area (Å²) in [5, 5.41) is 15.5. The molecule has 1 aromatic rings. The van der Waals surface area contributed by atoms with Crippen molar-refractivity contribution in [2.45, 2.75) is 51.2 Å². The fraction of sp³-hybridized carbons (Fsp3) is 0.579. The van der Waals surface area contributed by atoms with Gasteiger partial charge >= 0.3 is 0 Å². The second-order valence-corrected chi connectivity index (χ2v) is 6.15. The van der Waals surface area contributed by atoms with Gasteiger partial charge in [-0.25, -0.2) is 0 Å². The molecule has 130 valence electrons. The Hall–Kier alpha value is -2.06. The van der Waals surface area contributed by atoms with E-state index in [2.05, 4.69) is 21.7 Å². The molecule has 5 heteroatoms.